The van der Waals surface area contributed by atoms with Crippen LogP contribution in [-0.2, 0) is 12.1 Å². The zero-order valence-electron chi connectivity index (χ0n) is 18.0. The highest BCUT2D eigenvalue weighted by Crippen LogP contribution is 2.27. The summed E-state index contributed by atoms with van der Waals surface area (Å²) in [5.74, 6) is -0.125. The summed E-state index contributed by atoms with van der Waals surface area (Å²) in [6.07, 6.45) is 1.89. The van der Waals surface area contributed by atoms with Gasteiger partial charge in [0.1, 0.15) is 5.69 Å². The van der Waals surface area contributed by atoms with Gasteiger partial charge < -0.3 is 5.32 Å². The van der Waals surface area contributed by atoms with Gasteiger partial charge in [0.2, 0.25) is 0 Å². The van der Waals surface area contributed by atoms with Crippen molar-refractivity contribution in [2.75, 3.05) is 0 Å². The highest BCUT2D eigenvalue weighted by atomic mass is 16.1. The summed E-state index contributed by atoms with van der Waals surface area (Å²) in [5.41, 5.74) is 4.73. The summed E-state index contributed by atoms with van der Waals surface area (Å²) in [6.45, 7) is 6.49. The van der Waals surface area contributed by atoms with E-state index in [-0.39, 0.29) is 5.91 Å². The minimum Gasteiger partial charge on any atom is -0.341 e. The van der Waals surface area contributed by atoms with Gasteiger partial charge in [0.25, 0.3) is 5.91 Å². The van der Waals surface area contributed by atoms with Gasteiger partial charge in [-0.2, -0.15) is 0 Å². The summed E-state index contributed by atoms with van der Waals surface area (Å²) in [4.78, 5) is 13.4. The van der Waals surface area contributed by atoms with Crippen molar-refractivity contribution in [3.63, 3.8) is 0 Å². The zero-order chi connectivity index (χ0) is 21.8. The third kappa shape index (κ3) is 4.56. The van der Waals surface area contributed by atoms with E-state index < -0.39 is 5.54 Å². The van der Waals surface area contributed by atoms with E-state index >= 15 is 0 Å². The topological polar surface area (TPSA) is 59.8 Å². The van der Waals surface area contributed by atoms with E-state index in [1.165, 1.54) is 0 Å². The van der Waals surface area contributed by atoms with Crippen LogP contribution in [0.2, 0.25) is 0 Å². The summed E-state index contributed by atoms with van der Waals surface area (Å²) in [6, 6.07) is 26.0. The lowest BCUT2D eigenvalue weighted by Gasteiger charge is -2.25. The smallest absolute Gasteiger partial charge is 0.252 e. The summed E-state index contributed by atoms with van der Waals surface area (Å²) < 4.78 is 1.79. The van der Waals surface area contributed by atoms with E-state index in [2.05, 4.69) is 27.8 Å². The molecule has 0 radical (unpaired) electrons. The molecule has 1 N–H and O–H groups in total. The second-order valence-electron chi connectivity index (χ2n) is 8.23. The molecule has 1 heterocycles. The van der Waals surface area contributed by atoms with Crippen molar-refractivity contribution >= 4 is 5.91 Å². The fourth-order valence-electron chi connectivity index (χ4n) is 3.67. The normalized spacial score (nSPS) is 11.3. The second kappa shape index (κ2) is 8.56. The molecule has 0 aliphatic rings. The maximum Gasteiger partial charge on any atom is 0.252 e. The van der Waals surface area contributed by atoms with E-state index in [0.717, 1.165) is 22.3 Å². The number of aromatic nitrogens is 3. The van der Waals surface area contributed by atoms with Crippen molar-refractivity contribution in [2.45, 2.75) is 32.9 Å². The van der Waals surface area contributed by atoms with E-state index in [0.29, 0.717) is 17.8 Å². The molecule has 1 aromatic heterocycles. The van der Waals surface area contributed by atoms with E-state index in [1.807, 2.05) is 93.7 Å². The van der Waals surface area contributed by atoms with Crippen molar-refractivity contribution < 1.29 is 4.79 Å². The Hall–Kier alpha value is -3.73. The number of carbonyl (C=O) groups is 1. The second-order valence-corrected chi connectivity index (χ2v) is 8.23. The quantitative estimate of drug-likeness (QED) is 0.488. The van der Waals surface area contributed by atoms with Crippen LogP contribution in [0.1, 0.15) is 41.0 Å². The van der Waals surface area contributed by atoms with E-state index in [9.17, 15) is 4.79 Å². The minimum atomic E-state index is -0.678. The fourth-order valence-corrected chi connectivity index (χ4v) is 3.67. The van der Waals surface area contributed by atoms with Gasteiger partial charge in [0.05, 0.1) is 23.8 Å². The van der Waals surface area contributed by atoms with Crippen LogP contribution in [0.4, 0.5) is 0 Å². The van der Waals surface area contributed by atoms with Gasteiger partial charge in [-0.3, -0.25) is 4.79 Å². The molecule has 3 aromatic carbocycles. The maximum absolute atomic E-state index is 13.4. The molecule has 5 heteroatoms. The monoisotopic (exact) mass is 410 g/mol. The molecule has 0 aliphatic heterocycles. The Labute approximate surface area is 182 Å². The van der Waals surface area contributed by atoms with Crippen LogP contribution in [-0.4, -0.2) is 20.9 Å². The lowest BCUT2D eigenvalue weighted by atomic mass is 9.93. The van der Waals surface area contributed by atoms with Crippen LogP contribution < -0.4 is 5.32 Å². The molecule has 0 unspecified atom stereocenters. The lowest BCUT2D eigenvalue weighted by Crippen LogP contribution is -2.41. The van der Waals surface area contributed by atoms with Crippen molar-refractivity contribution in [3.05, 3.63) is 107 Å². The molecule has 156 valence electrons. The molecule has 0 bridgehead atoms. The van der Waals surface area contributed by atoms with Gasteiger partial charge >= 0.3 is 0 Å². The van der Waals surface area contributed by atoms with Gasteiger partial charge in [-0.25, -0.2) is 4.68 Å². The first kappa shape index (κ1) is 20.5. The van der Waals surface area contributed by atoms with Crippen molar-refractivity contribution in [2.24, 2.45) is 0 Å². The van der Waals surface area contributed by atoms with E-state index in [1.54, 1.807) is 4.68 Å². The molecular formula is C26H26N4O. The summed E-state index contributed by atoms with van der Waals surface area (Å²) in [7, 11) is 0. The number of hydrogen-bond donors (Lipinski definition) is 1. The third-order valence-electron chi connectivity index (χ3n) is 5.38. The molecule has 4 aromatic rings. The van der Waals surface area contributed by atoms with Gasteiger partial charge in [0, 0.05) is 0 Å². The summed E-state index contributed by atoms with van der Waals surface area (Å²) >= 11 is 0. The molecule has 5 nitrogen and oxygen atoms in total. The van der Waals surface area contributed by atoms with Crippen LogP contribution in [0.25, 0.3) is 11.1 Å². The molecule has 4 rings (SSSR count). The van der Waals surface area contributed by atoms with Crippen LogP contribution in [0.3, 0.4) is 0 Å². The highest BCUT2D eigenvalue weighted by Gasteiger charge is 2.28. The molecular weight excluding hydrogens is 384 g/mol. The molecule has 1 amide bonds. The average Bonchev–Trinajstić information content (AvgIpc) is 3.24. The Bertz CT molecular complexity index is 1180. The first-order valence-electron chi connectivity index (χ1n) is 10.4. The Balaban J connectivity index is 1.58. The van der Waals surface area contributed by atoms with E-state index in [4.69, 9.17) is 0 Å². The number of rotatable bonds is 6. The Morgan fingerprint density at radius 3 is 2.32 bits per heavy atom. The van der Waals surface area contributed by atoms with Crippen molar-refractivity contribution in [1.82, 2.24) is 20.3 Å². The van der Waals surface area contributed by atoms with Crippen LogP contribution in [0, 0.1) is 6.92 Å². The Morgan fingerprint density at radius 2 is 1.61 bits per heavy atom. The predicted molar refractivity (Wildman–Crippen MR) is 123 cm³/mol. The third-order valence-corrected chi connectivity index (χ3v) is 5.38. The number of nitrogens with zero attached hydrogens (tertiary/aromatic N) is 3. The predicted octanol–water partition coefficient (Wildman–Crippen LogP) is 4.97. The number of amides is 1. The maximum atomic E-state index is 13.4. The molecule has 0 aliphatic carbocycles. The summed E-state index contributed by atoms with van der Waals surface area (Å²) in [5, 5.41) is 11.8. The van der Waals surface area contributed by atoms with Gasteiger partial charge in [-0.15, -0.1) is 5.10 Å². The fraction of sp³-hybridized carbons (Fsp3) is 0.192. The highest BCUT2D eigenvalue weighted by molar-refractivity contribution is 6.02. The SMILES string of the molecule is Cc1cccc(-c2ccccc2)c1C(=O)NC(C)(C)c1cn(Cc2ccccc2)nn1. The van der Waals surface area contributed by atoms with Crippen LogP contribution >= 0.6 is 0 Å². The van der Waals surface area contributed by atoms with Gasteiger partial charge in [-0.1, -0.05) is 84.1 Å². The zero-order valence-corrected chi connectivity index (χ0v) is 18.0. The van der Waals surface area contributed by atoms with Crippen LogP contribution in [0.15, 0.2) is 85.1 Å². The van der Waals surface area contributed by atoms with Crippen LogP contribution in [0.5, 0.6) is 0 Å². The Kier molecular flexibility index (Phi) is 5.67. The number of benzene rings is 3. The molecule has 0 atom stereocenters. The van der Waals surface area contributed by atoms with Gasteiger partial charge in [-0.05, 0) is 43.0 Å². The largest absolute Gasteiger partial charge is 0.341 e. The van der Waals surface area contributed by atoms with Gasteiger partial charge in [0.15, 0.2) is 0 Å². The van der Waals surface area contributed by atoms with Crippen molar-refractivity contribution in [1.29, 1.82) is 0 Å². The number of hydrogen-bond acceptors (Lipinski definition) is 3. The standard InChI is InChI=1S/C26H26N4O/c1-19-11-10-16-22(21-14-8-5-9-15-21)24(19)25(31)27-26(2,3)23-18-30(29-28-23)17-20-12-6-4-7-13-20/h4-16,18H,17H2,1-3H3,(H,27,31). The Morgan fingerprint density at radius 1 is 0.935 bits per heavy atom. The first-order valence-corrected chi connectivity index (χ1v) is 10.4. The minimum absolute atomic E-state index is 0.125. The first-order chi connectivity index (χ1) is 14.9. The molecule has 31 heavy (non-hydrogen) atoms. The molecule has 0 saturated heterocycles. The lowest BCUT2D eigenvalue weighted by molar-refractivity contribution is 0.0910. The molecule has 0 saturated carbocycles. The molecule has 0 fully saturated rings. The number of nitrogens with one attached hydrogen (secondary N) is 1. The number of aryl methyl sites for hydroxylation is 1. The average molecular weight is 411 g/mol. The number of carbonyl (C=O) groups excluding carboxylic acids is 1. The van der Waals surface area contributed by atoms with Crippen molar-refractivity contribution in [3.8, 4) is 11.1 Å². The molecule has 0 spiro atoms.